The SMILES string of the molecule is CNC(c1cccc(Br)c1F)C1(OC)CCCC1. The van der Waals surface area contributed by atoms with Crippen molar-refractivity contribution in [1.82, 2.24) is 5.32 Å². The van der Waals surface area contributed by atoms with Gasteiger partial charge in [0.15, 0.2) is 0 Å². The summed E-state index contributed by atoms with van der Waals surface area (Å²) in [6.07, 6.45) is 4.23. The second-order valence-corrected chi connectivity index (χ2v) is 5.70. The highest BCUT2D eigenvalue weighted by Crippen LogP contribution is 2.43. The van der Waals surface area contributed by atoms with E-state index in [0.29, 0.717) is 10.0 Å². The van der Waals surface area contributed by atoms with Crippen LogP contribution < -0.4 is 5.32 Å². The lowest BCUT2D eigenvalue weighted by Gasteiger charge is -2.36. The van der Waals surface area contributed by atoms with Crippen LogP contribution in [0.5, 0.6) is 0 Å². The average Bonchev–Trinajstić information content (AvgIpc) is 2.85. The van der Waals surface area contributed by atoms with Crippen LogP contribution in [0.15, 0.2) is 22.7 Å². The Morgan fingerprint density at radius 2 is 2.06 bits per heavy atom. The second-order valence-electron chi connectivity index (χ2n) is 4.84. The Kier molecular flexibility index (Phi) is 4.41. The Hall–Kier alpha value is -0.450. The first-order valence-electron chi connectivity index (χ1n) is 6.31. The van der Waals surface area contributed by atoms with E-state index in [1.165, 1.54) is 0 Å². The lowest BCUT2D eigenvalue weighted by Crippen LogP contribution is -2.42. The molecule has 4 heteroatoms. The maximum absolute atomic E-state index is 14.3. The van der Waals surface area contributed by atoms with Crippen molar-refractivity contribution in [3.05, 3.63) is 34.1 Å². The monoisotopic (exact) mass is 315 g/mol. The number of hydrogen-bond donors (Lipinski definition) is 1. The van der Waals surface area contributed by atoms with E-state index in [-0.39, 0.29) is 17.5 Å². The van der Waals surface area contributed by atoms with Crippen LogP contribution in [-0.4, -0.2) is 19.8 Å². The predicted octanol–water partition coefficient (Wildman–Crippen LogP) is 3.81. The fourth-order valence-electron chi connectivity index (χ4n) is 3.03. The molecule has 100 valence electrons. The minimum atomic E-state index is -0.281. The van der Waals surface area contributed by atoms with Gasteiger partial charge in [-0.1, -0.05) is 25.0 Å². The van der Waals surface area contributed by atoms with Gasteiger partial charge in [0.2, 0.25) is 0 Å². The third-order valence-electron chi connectivity index (χ3n) is 3.96. The molecule has 2 nitrogen and oxygen atoms in total. The molecule has 1 aromatic rings. The highest BCUT2D eigenvalue weighted by Gasteiger charge is 2.42. The molecule has 1 saturated carbocycles. The van der Waals surface area contributed by atoms with E-state index in [2.05, 4.69) is 21.2 Å². The summed E-state index contributed by atoms with van der Waals surface area (Å²) in [4.78, 5) is 0. The summed E-state index contributed by atoms with van der Waals surface area (Å²) in [5.74, 6) is -0.194. The van der Waals surface area contributed by atoms with Crippen molar-refractivity contribution in [1.29, 1.82) is 0 Å². The van der Waals surface area contributed by atoms with E-state index in [9.17, 15) is 4.39 Å². The molecule has 2 rings (SSSR count). The average molecular weight is 316 g/mol. The van der Waals surface area contributed by atoms with Crippen molar-refractivity contribution in [2.75, 3.05) is 14.2 Å². The Morgan fingerprint density at radius 3 is 2.61 bits per heavy atom. The Labute approximate surface area is 116 Å². The van der Waals surface area contributed by atoms with Crippen molar-refractivity contribution in [2.45, 2.75) is 37.3 Å². The van der Waals surface area contributed by atoms with E-state index in [1.807, 2.05) is 19.2 Å². The summed E-state index contributed by atoms with van der Waals surface area (Å²) in [6.45, 7) is 0. The second kappa shape index (κ2) is 5.68. The quantitative estimate of drug-likeness (QED) is 0.912. The van der Waals surface area contributed by atoms with Gasteiger partial charge in [-0.15, -0.1) is 0 Å². The Balaban J connectivity index is 2.41. The standard InChI is InChI=1S/C14H19BrFNO/c1-17-13(14(18-2)8-3-4-9-14)10-6-5-7-11(15)12(10)16/h5-7,13,17H,3-4,8-9H2,1-2H3. The summed E-state index contributed by atoms with van der Waals surface area (Å²) in [7, 11) is 3.59. The van der Waals surface area contributed by atoms with Crippen LogP contribution >= 0.6 is 15.9 Å². The number of halogens is 2. The predicted molar refractivity (Wildman–Crippen MR) is 74.1 cm³/mol. The van der Waals surface area contributed by atoms with Crippen molar-refractivity contribution in [2.24, 2.45) is 0 Å². The lowest BCUT2D eigenvalue weighted by molar-refractivity contribution is -0.0357. The molecule has 1 aromatic carbocycles. The molecule has 0 spiro atoms. The van der Waals surface area contributed by atoms with E-state index < -0.39 is 0 Å². The van der Waals surface area contributed by atoms with Crippen LogP contribution in [0.2, 0.25) is 0 Å². The molecule has 18 heavy (non-hydrogen) atoms. The minimum Gasteiger partial charge on any atom is -0.376 e. The Morgan fingerprint density at radius 1 is 1.39 bits per heavy atom. The van der Waals surface area contributed by atoms with E-state index in [4.69, 9.17) is 4.74 Å². The van der Waals surface area contributed by atoms with Crippen LogP contribution in [0, 0.1) is 5.82 Å². The molecule has 1 atom stereocenters. The first kappa shape index (κ1) is 14.0. The molecule has 0 aromatic heterocycles. The fourth-order valence-corrected chi connectivity index (χ4v) is 3.41. The van der Waals surface area contributed by atoms with Crippen LogP contribution in [0.3, 0.4) is 0 Å². The number of rotatable bonds is 4. The summed E-state index contributed by atoms with van der Waals surface area (Å²) >= 11 is 3.25. The van der Waals surface area contributed by atoms with Crippen molar-refractivity contribution >= 4 is 15.9 Å². The smallest absolute Gasteiger partial charge is 0.142 e. The van der Waals surface area contributed by atoms with Gasteiger partial charge < -0.3 is 10.1 Å². The molecule has 1 aliphatic rings. The van der Waals surface area contributed by atoms with Gasteiger partial charge in [0.1, 0.15) is 5.82 Å². The van der Waals surface area contributed by atoms with Crippen LogP contribution in [0.25, 0.3) is 0 Å². The molecule has 0 aliphatic heterocycles. The number of ether oxygens (including phenoxy) is 1. The van der Waals surface area contributed by atoms with E-state index >= 15 is 0 Å². The lowest BCUT2D eigenvalue weighted by atomic mass is 9.86. The van der Waals surface area contributed by atoms with E-state index in [0.717, 1.165) is 25.7 Å². The molecule has 1 unspecified atom stereocenters. The van der Waals surface area contributed by atoms with Crippen LogP contribution in [0.4, 0.5) is 4.39 Å². The third-order valence-corrected chi connectivity index (χ3v) is 4.58. The van der Waals surface area contributed by atoms with Gasteiger partial charge in [0, 0.05) is 12.7 Å². The van der Waals surface area contributed by atoms with Gasteiger partial charge in [-0.3, -0.25) is 0 Å². The topological polar surface area (TPSA) is 21.3 Å². The number of benzene rings is 1. The van der Waals surface area contributed by atoms with Gasteiger partial charge in [0.25, 0.3) is 0 Å². The van der Waals surface area contributed by atoms with Crippen molar-refractivity contribution < 1.29 is 9.13 Å². The first-order valence-corrected chi connectivity index (χ1v) is 7.10. The molecule has 0 bridgehead atoms. The molecular formula is C14H19BrFNO. The maximum Gasteiger partial charge on any atom is 0.142 e. The molecule has 1 aliphatic carbocycles. The van der Waals surface area contributed by atoms with E-state index in [1.54, 1.807) is 13.2 Å². The van der Waals surface area contributed by atoms with Gasteiger partial charge in [-0.25, -0.2) is 4.39 Å². The normalized spacial score (nSPS) is 20.0. The maximum atomic E-state index is 14.3. The number of methoxy groups -OCH3 is 1. The molecule has 0 amide bonds. The van der Waals surface area contributed by atoms with Crippen molar-refractivity contribution in [3.8, 4) is 0 Å². The number of nitrogens with one attached hydrogen (secondary N) is 1. The zero-order valence-electron chi connectivity index (χ0n) is 10.8. The number of hydrogen-bond acceptors (Lipinski definition) is 2. The molecule has 0 radical (unpaired) electrons. The molecule has 1 fully saturated rings. The summed E-state index contributed by atoms with van der Waals surface area (Å²) in [5, 5.41) is 3.23. The number of likely N-dealkylation sites (N-methyl/N-ethyl adjacent to an activating group) is 1. The molecule has 0 heterocycles. The fraction of sp³-hybridized carbons (Fsp3) is 0.571. The molecular weight excluding hydrogens is 297 g/mol. The first-order chi connectivity index (χ1) is 8.64. The minimum absolute atomic E-state index is 0.109. The van der Waals surface area contributed by atoms with Gasteiger partial charge in [-0.2, -0.15) is 0 Å². The van der Waals surface area contributed by atoms with Crippen LogP contribution in [-0.2, 0) is 4.74 Å². The van der Waals surface area contributed by atoms with Crippen LogP contribution in [0.1, 0.15) is 37.3 Å². The molecule has 0 saturated heterocycles. The summed E-state index contributed by atoms with van der Waals surface area (Å²) < 4.78 is 20.5. The third kappa shape index (κ3) is 2.33. The van der Waals surface area contributed by atoms with Gasteiger partial charge in [0.05, 0.1) is 16.1 Å². The van der Waals surface area contributed by atoms with Gasteiger partial charge >= 0.3 is 0 Å². The zero-order chi connectivity index (χ0) is 13.2. The summed E-state index contributed by atoms with van der Waals surface area (Å²) in [5.41, 5.74) is 0.395. The summed E-state index contributed by atoms with van der Waals surface area (Å²) in [6, 6.07) is 5.31. The zero-order valence-corrected chi connectivity index (χ0v) is 12.4. The highest BCUT2D eigenvalue weighted by atomic mass is 79.9. The highest BCUT2D eigenvalue weighted by molar-refractivity contribution is 9.10. The van der Waals surface area contributed by atoms with Gasteiger partial charge in [-0.05, 0) is 41.9 Å². The Bertz CT molecular complexity index is 418. The largest absolute Gasteiger partial charge is 0.376 e. The van der Waals surface area contributed by atoms with Crippen molar-refractivity contribution in [3.63, 3.8) is 0 Å². The molecule has 1 N–H and O–H groups in total.